The van der Waals surface area contributed by atoms with E-state index in [1.807, 2.05) is 25.1 Å². The summed E-state index contributed by atoms with van der Waals surface area (Å²) >= 11 is 0. The van der Waals surface area contributed by atoms with Crippen molar-refractivity contribution in [1.82, 2.24) is 9.47 Å². The fourth-order valence-electron chi connectivity index (χ4n) is 3.13. The Morgan fingerprint density at radius 3 is 2.43 bits per heavy atom. The highest BCUT2D eigenvalue weighted by atomic mass is 16.2. The summed E-state index contributed by atoms with van der Waals surface area (Å²) in [4.78, 5) is 40.7. The molecule has 1 heterocycles. The molecule has 0 bridgehead atoms. The topological polar surface area (TPSA) is 62.6 Å². The van der Waals surface area contributed by atoms with Crippen LogP contribution in [0.1, 0.15) is 40.0 Å². The third kappa shape index (κ3) is 4.62. The summed E-state index contributed by atoms with van der Waals surface area (Å²) in [6.45, 7) is 3.53. The van der Waals surface area contributed by atoms with E-state index in [9.17, 15) is 14.4 Å². The minimum atomic E-state index is -0.310. The second-order valence-corrected chi connectivity index (χ2v) is 7.95. The van der Waals surface area contributed by atoms with Gasteiger partial charge in [-0.05, 0) is 50.5 Å². The van der Waals surface area contributed by atoms with Crippen molar-refractivity contribution in [3.8, 4) is 11.8 Å². The fourth-order valence-corrected chi connectivity index (χ4v) is 3.13. The van der Waals surface area contributed by atoms with Crippen molar-refractivity contribution in [2.24, 2.45) is 5.92 Å². The Kier molecular flexibility index (Phi) is 6.12. The number of carbonyl (C=O) groups excluding carboxylic acids is 2. The molecule has 30 heavy (non-hydrogen) atoms. The minimum absolute atomic E-state index is 0.103. The first-order valence-electron chi connectivity index (χ1n) is 10.00. The summed E-state index contributed by atoms with van der Waals surface area (Å²) in [6, 6.07) is 8.70. The fraction of sp³-hybridized carbons (Fsp3) is 0.375. The molecule has 0 atom stereocenters. The van der Waals surface area contributed by atoms with Gasteiger partial charge >= 0.3 is 0 Å². The molecule has 0 spiro atoms. The van der Waals surface area contributed by atoms with Gasteiger partial charge in [0, 0.05) is 50.1 Å². The van der Waals surface area contributed by atoms with Crippen molar-refractivity contribution < 1.29 is 9.59 Å². The molecule has 2 aromatic rings. The minimum Gasteiger partial charge on any atom is -0.347 e. The molecule has 1 aromatic carbocycles. The Morgan fingerprint density at radius 2 is 1.80 bits per heavy atom. The monoisotopic (exact) mass is 405 g/mol. The summed E-state index contributed by atoms with van der Waals surface area (Å²) < 4.78 is 1.34. The zero-order valence-corrected chi connectivity index (χ0v) is 18.2. The molecule has 0 saturated heterocycles. The first kappa shape index (κ1) is 21.4. The lowest BCUT2D eigenvalue weighted by Gasteiger charge is -2.22. The van der Waals surface area contributed by atoms with E-state index in [1.165, 1.54) is 21.6 Å². The molecule has 1 aromatic heterocycles. The van der Waals surface area contributed by atoms with Gasteiger partial charge in [-0.3, -0.25) is 14.4 Å². The third-order valence-corrected chi connectivity index (χ3v) is 5.35. The van der Waals surface area contributed by atoms with Crippen LogP contribution < -0.4 is 10.5 Å². The smallest absolute Gasteiger partial charge is 0.259 e. The number of hydrogen-bond acceptors (Lipinski definition) is 3. The number of rotatable bonds is 4. The number of benzene rings is 1. The van der Waals surface area contributed by atoms with E-state index in [2.05, 4.69) is 11.8 Å². The van der Waals surface area contributed by atoms with E-state index >= 15 is 0 Å². The lowest BCUT2D eigenvalue weighted by molar-refractivity contribution is -0.129. The average molecular weight is 405 g/mol. The van der Waals surface area contributed by atoms with Gasteiger partial charge in [0.1, 0.15) is 6.54 Å². The zero-order chi connectivity index (χ0) is 22.0. The molecule has 1 aliphatic rings. The van der Waals surface area contributed by atoms with Crippen molar-refractivity contribution >= 4 is 17.5 Å². The lowest BCUT2D eigenvalue weighted by atomic mass is 10.1. The van der Waals surface area contributed by atoms with Crippen LogP contribution in [0.15, 0.2) is 35.1 Å². The van der Waals surface area contributed by atoms with Gasteiger partial charge in [-0.1, -0.05) is 17.9 Å². The third-order valence-electron chi connectivity index (χ3n) is 5.35. The highest BCUT2D eigenvalue weighted by molar-refractivity contribution is 6.07. The van der Waals surface area contributed by atoms with E-state index in [0.717, 1.165) is 29.7 Å². The Bertz CT molecular complexity index is 1110. The highest BCUT2D eigenvalue weighted by Crippen LogP contribution is 2.28. The second kappa shape index (κ2) is 8.58. The van der Waals surface area contributed by atoms with Crippen LogP contribution in [0.25, 0.3) is 0 Å². The van der Waals surface area contributed by atoms with Crippen molar-refractivity contribution in [3.63, 3.8) is 0 Å². The molecule has 156 valence electrons. The molecule has 2 amide bonds. The van der Waals surface area contributed by atoms with Gasteiger partial charge in [0.15, 0.2) is 0 Å². The van der Waals surface area contributed by atoms with Crippen molar-refractivity contribution in [2.45, 2.75) is 33.2 Å². The maximum Gasteiger partial charge on any atom is 0.259 e. The standard InChI is InChI=1S/C24H27N3O3/c1-16-6-7-19(11-10-18-8-9-18)14-21(16)26(5)24(30)20-12-13-22(28)27(17(20)2)15-23(29)25(3)4/h6-7,12-14,18H,8-9,15H2,1-5H3. The predicted molar refractivity (Wildman–Crippen MR) is 118 cm³/mol. The number of nitrogens with zero attached hydrogens (tertiary/aromatic N) is 3. The lowest BCUT2D eigenvalue weighted by Crippen LogP contribution is -2.35. The van der Waals surface area contributed by atoms with Gasteiger partial charge < -0.3 is 14.4 Å². The van der Waals surface area contributed by atoms with Crippen molar-refractivity contribution in [1.29, 1.82) is 0 Å². The normalized spacial score (nSPS) is 12.7. The summed E-state index contributed by atoms with van der Waals surface area (Å²) in [6.07, 6.45) is 2.32. The number of likely N-dealkylation sites (N-methyl/N-ethyl adjacent to an activating group) is 1. The number of amides is 2. The van der Waals surface area contributed by atoms with Crippen LogP contribution in [0.4, 0.5) is 5.69 Å². The molecular formula is C24H27N3O3. The van der Waals surface area contributed by atoms with Crippen LogP contribution >= 0.6 is 0 Å². The van der Waals surface area contributed by atoms with Gasteiger partial charge in [-0.25, -0.2) is 0 Å². The van der Waals surface area contributed by atoms with E-state index in [0.29, 0.717) is 17.2 Å². The van der Waals surface area contributed by atoms with Gasteiger partial charge in [0.25, 0.3) is 11.5 Å². The maximum absolute atomic E-state index is 13.3. The maximum atomic E-state index is 13.3. The van der Waals surface area contributed by atoms with Gasteiger partial charge in [0.2, 0.25) is 5.91 Å². The van der Waals surface area contributed by atoms with E-state index in [1.54, 1.807) is 33.0 Å². The second-order valence-electron chi connectivity index (χ2n) is 7.95. The number of anilines is 1. The molecule has 0 N–H and O–H groups in total. The number of pyridine rings is 1. The molecule has 0 unspecified atom stereocenters. The number of hydrogen-bond donors (Lipinski definition) is 0. The zero-order valence-electron chi connectivity index (χ0n) is 18.2. The first-order valence-corrected chi connectivity index (χ1v) is 10.00. The molecule has 0 aliphatic heterocycles. The Morgan fingerprint density at radius 1 is 1.10 bits per heavy atom. The van der Waals surface area contributed by atoms with Crippen LogP contribution in [0, 0.1) is 31.6 Å². The summed E-state index contributed by atoms with van der Waals surface area (Å²) in [7, 11) is 4.98. The molecule has 6 nitrogen and oxygen atoms in total. The van der Waals surface area contributed by atoms with Gasteiger partial charge in [-0.2, -0.15) is 0 Å². The number of aryl methyl sites for hydroxylation is 1. The summed E-state index contributed by atoms with van der Waals surface area (Å²) in [5.74, 6) is 6.48. The molecule has 0 radical (unpaired) electrons. The summed E-state index contributed by atoms with van der Waals surface area (Å²) in [5, 5.41) is 0. The van der Waals surface area contributed by atoms with E-state index in [4.69, 9.17) is 0 Å². The van der Waals surface area contributed by atoms with Crippen molar-refractivity contribution in [2.75, 3.05) is 26.0 Å². The molecule has 6 heteroatoms. The molecule has 3 rings (SSSR count). The van der Waals surface area contributed by atoms with E-state index < -0.39 is 0 Å². The number of carbonyl (C=O) groups is 2. The molecule has 1 saturated carbocycles. The van der Waals surface area contributed by atoms with Crippen LogP contribution in [-0.2, 0) is 11.3 Å². The molecule has 1 aliphatic carbocycles. The number of aromatic nitrogens is 1. The Hall–Kier alpha value is -3.33. The van der Waals surface area contributed by atoms with Gasteiger partial charge in [0.05, 0.1) is 5.56 Å². The average Bonchev–Trinajstić information content (AvgIpc) is 3.53. The Labute approximate surface area is 177 Å². The van der Waals surface area contributed by atoms with Gasteiger partial charge in [-0.15, -0.1) is 0 Å². The predicted octanol–water partition coefficient (Wildman–Crippen LogP) is 2.59. The Balaban J connectivity index is 1.93. The van der Waals surface area contributed by atoms with Crippen LogP contribution in [0.2, 0.25) is 0 Å². The van der Waals surface area contributed by atoms with Crippen LogP contribution in [-0.4, -0.2) is 42.4 Å². The van der Waals surface area contributed by atoms with Crippen LogP contribution in [0.3, 0.4) is 0 Å². The summed E-state index contributed by atoms with van der Waals surface area (Å²) in [5.41, 5.74) is 3.14. The quantitative estimate of drug-likeness (QED) is 0.735. The molecular weight excluding hydrogens is 378 g/mol. The SMILES string of the molecule is Cc1ccc(C#CC2CC2)cc1N(C)C(=O)c1ccc(=O)n(CC(=O)N(C)C)c1C. The highest BCUT2D eigenvalue weighted by Gasteiger charge is 2.21. The van der Waals surface area contributed by atoms with Crippen LogP contribution in [0.5, 0.6) is 0 Å². The first-order chi connectivity index (χ1) is 14.2. The molecule has 1 fully saturated rings. The largest absolute Gasteiger partial charge is 0.347 e. The van der Waals surface area contributed by atoms with Crippen molar-refractivity contribution in [3.05, 3.63) is 63.1 Å². The van der Waals surface area contributed by atoms with E-state index in [-0.39, 0.29) is 23.9 Å².